The van der Waals surface area contributed by atoms with Crippen LogP contribution in [-0.4, -0.2) is 59.4 Å². The second kappa shape index (κ2) is 6.63. The molecule has 0 aromatic carbocycles. The maximum atomic E-state index is 11.0. The highest BCUT2D eigenvalue weighted by atomic mass is 16.4. The van der Waals surface area contributed by atoms with Crippen LogP contribution in [0.25, 0.3) is 0 Å². The first-order valence-electron chi connectivity index (χ1n) is 8.20. The number of carbonyl (C=O) groups is 1. The molecule has 0 aromatic heterocycles. The molecule has 2 aliphatic rings. The maximum absolute atomic E-state index is 11.0. The quantitative estimate of drug-likeness (QED) is 0.692. The largest absolute Gasteiger partial charge is 0.481 e. The number of carboxylic acid groups (broad SMARTS) is 1. The van der Waals surface area contributed by atoms with Crippen molar-refractivity contribution in [1.82, 2.24) is 10.2 Å². The molecule has 0 amide bonds. The molecule has 0 aromatic rings. The highest BCUT2D eigenvalue weighted by molar-refractivity contribution is 5.70. The van der Waals surface area contributed by atoms with Crippen LogP contribution in [0.5, 0.6) is 0 Å². The molecule has 0 bridgehead atoms. The number of nitrogens with zero attached hydrogens (tertiary/aromatic N) is 1. The Morgan fingerprint density at radius 3 is 2.19 bits per heavy atom. The predicted molar refractivity (Wildman–Crippen MR) is 82.3 cm³/mol. The van der Waals surface area contributed by atoms with Crippen LogP contribution in [0.3, 0.4) is 0 Å². The zero-order valence-corrected chi connectivity index (χ0v) is 13.4. The lowest BCUT2D eigenvalue weighted by Crippen LogP contribution is -2.53. The Hall–Kier alpha value is -0.650. The molecule has 2 fully saturated rings. The summed E-state index contributed by atoms with van der Waals surface area (Å²) in [6, 6.07) is 0. The predicted octanol–water partition coefficient (Wildman–Crippen LogP) is 1.46. The van der Waals surface area contributed by atoms with Crippen molar-refractivity contribution in [2.24, 2.45) is 5.92 Å². The van der Waals surface area contributed by atoms with Gasteiger partial charge in [0, 0.05) is 18.6 Å². The summed E-state index contributed by atoms with van der Waals surface area (Å²) in [5, 5.41) is 23.1. The number of aliphatic hydroxyl groups is 1. The molecule has 5 heteroatoms. The third-order valence-electron chi connectivity index (χ3n) is 5.66. The van der Waals surface area contributed by atoms with Crippen molar-refractivity contribution in [3.8, 4) is 0 Å². The standard InChI is InChI=1S/C16H30N2O3/c1-18(2)15(7-3-4-8-15)11-17-12-16(21)9-5-13(6-10-16)14(19)20/h13,17,21H,3-12H2,1-2H3,(H,19,20). The van der Waals surface area contributed by atoms with Gasteiger partial charge >= 0.3 is 5.97 Å². The van der Waals surface area contributed by atoms with Crippen LogP contribution < -0.4 is 5.32 Å². The molecule has 2 aliphatic carbocycles. The lowest BCUT2D eigenvalue weighted by molar-refractivity contribution is -0.144. The highest BCUT2D eigenvalue weighted by Gasteiger charge is 2.38. The third-order valence-corrected chi connectivity index (χ3v) is 5.66. The van der Waals surface area contributed by atoms with Gasteiger partial charge in [-0.1, -0.05) is 12.8 Å². The molecule has 0 atom stereocenters. The van der Waals surface area contributed by atoms with E-state index in [1.807, 2.05) is 0 Å². The number of hydrogen-bond acceptors (Lipinski definition) is 4. The maximum Gasteiger partial charge on any atom is 0.306 e. The van der Waals surface area contributed by atoms with Gasteiger partial charge in [-0.05, 0) is 52.6 Å². The van der Waals surface area contributed by atoms with Crippen molar-refractivity contribution in [3.63, 3.8) is 0 Å². The van der Waals surface area contributed by atoms with Crippen LogP contribution in [0.4, 0.5) is 0 Å². The first kappa shape index (κ1) is 16.7. The molecule has 2 rings (SSSR count). The number of aliphatic carboxylic acids is 1. The van der Waals surface area contributed by atoms with E-state index in [1.165, 1.54) is 25.7 Å². The van der Waals surface area contributed by atoms with Crippen LogP contribution in [0.2, 0.25) is 0 Å². The minimum atomic E-state index is -0.724. The number of carboxylic acids is 1. The summed E-state index contributed by atoms with van der Waals surface area (Å²) in [6.07, 6.45) is 7.35. The van der Waals surface area contributed by atoms with E-state index in [1.54, 1.807) is 0 Å². The number of likely N-dealkylation sites (N-methyl/N-ethyl adjacent to an activating group) is 1. The first-order valence-corrected chi connectivity index (χ1v) is 8.20. The number of nitrogens with one attached hydrogen (secondary N) is 1. The first-order chi connectivity index (χ1) is 9.87. The van der Waals surface area contributed by atoms with Crippen LogP contribution in [-0.2, 0) is 4.79 Å². The zero-order valence-electron chi connectivity index (χ0n) is 13.4. The molecule has 3 N–H and O–H groups in total. The Morgan fingerprint density at radius 2 is 1.71 bits per heavy atom. The van der Waals surface area contributed by atoms with Gasteiger partial charge in [0.15, 0.2) is 0 Å². The summed E-state index contributed by atoms with van der Waals surface area (Å²) in [4.78, 5) is 13.3. The van der Waals surface area contributed by atoms with Gasteiger partial charge < -0.3 is 20.4 Å². The fraction of sp³-hybridized carbons (Fsp3) is 0.938. The molecule has 0 radical (unpaired) electrons. The number of hydrogen-bond donors (Lipinski definition) is 3. The van der Waals surface area contributed by atoms with Gasteiger partial charge in [0.05, 0.1) is 11.5 Å². The molecular formula is C16H30N2O3. The van der Waals surface area contributed by atoms with Crippen molar-refractivity contribution in [2.45, 2.75) is 62.5 Å². The Labute approximate surface area is 127 Å². The average Bonchev–Trinajstić information content (AvgIpc) is 2.89. The third kappa shape index (κ3) is 3.96. The second-order valence-electron chi connectivity index (χ2n) is 7.27. The van der Waals surface area contributed by atoms with Gasteiger partial charge in [-0.3, -0.25) is 4.79 Å². The lowest BCUT2D eigenvalue weighted by Gasteiger charge is -2.39. The lowest BCUT2D eigenvalue weighted by atomic mass is 9.78. The summed E-state index contributed by atoms with van der Waals surface area (Å²) < 4.78 is 0. The Balaban J connectivity index is 1.79. The van der Waals surface area contributed by atoms with Gasteiger partial charge in [-0.15, -0.1) is 0 Å². The molecule has 0 spiro atoms. The van der Waals surface area contributed by atoms with E-state index < -0.39 is 11.6 Å². The summed E-state index contributed by atoms with van der Waals surface area (Å²) in [6.45, 7) is 1.49. The molecule has 21 heavy (non-hydrogen) atoms. The molecular weight excluding hydrogens is 268 g/mol. The molecule has 5 nitrogen and oxygen atoms in total. The second-order valence-corrected chi connectivity index (χ2v) is 7.27. The van der Waals surface area contributed by atoms with Crippen molar-refractivity contribution in [2.75, 3.05) is 27.2 Å². The van der Waals surface area contributed by atoms with E-state index >= 15 is 0 Å². The molecule has 0 saturated heterocycles. The summed E-state index contributed by atoms with van der Waals surface area (Å²) in [5.74, 6) is -0.990. The smallest absolute Gasteiger partial charge is 0.306 e. The van der Waals surface area contributed by atoms with E-state index in [0.29, 0.717) is 32.2 Å². The average molecular weight is 298 g/mol. The molecule has 0 unspecified atom stereocenters. The minimum absolute atomic E-state index is 0.231. The van der Waals surface area contributed by atoms with Crippen molar-refractivity contribution < 1.29 is 15.0 Å². The van der Waals surface area contributed by atoms with Crippen LogP contribution in [0.1, 0.15) is 51.4 Å². The molecule has 0 heterocycles. The molecule has 0 aliphatic heterocycles. The van der Waals surface area contributed by atoms with Crippen LogP contribution >= 0.6 is 0 Å². The zero-order chi connectivity index (χ0) is 15.5. The summed E-state index contributed by atoms with van der Waals surface area (Å²) in [7, 11) is 4.28. The monoisotopic (exact) mass is 298 g/mol. The van der Waals surface area contributed by atoms with Gasteiger partial charge in [0.2, 0.25) is 0 Å². The Kier molecular flexibility index (Phi) is 5.28. The van der Waals surface area contributed by atoms with E-state index in [0.717, 1.165) is 6.54 Å². The molecule has 122 valence electrons. The van der Waals surface area contributed by atoms with E-state index in [9.17, 15) is 9.90 Å². The minimum Gasteiger partial charge on any atom is -0.481 e. The highest BCUT2D eigenvalue weighted by Crippen LogP contribution is 2.34. The Bertz CT molecular complexity index is 357. The fourth-order valence-corrected chi connectivity index (χ4v) is 3.92. The van der Waals surface area contributed by atoms with E-state index in [4.69, 9.17) is 5.11 Å². The van der Waals surface area contributed by atoms with Crippen molar-refractivity contribution in [1.29, 1.82) is 0 Å². The van der Waals surface area contributed by atoms with E-state index in [-0.39, 0.29) is 11.5 Å². The Morgan fingerprint density at radius 1 is 1.14 bits per heavy atom. The van der Waals surface area contributed by atoms with Crippen molar-refractivity contribution in [3.05, 3.63) is 0 Å². The summed E-state index contributed by atoms with van der Waals surface area (Å²) in [5.41, 5.74) is -0.493. The molecule has 2 saturated carbocycles. The van der Waals surface area contributed by atoms with Gasteiger partial charge in [0.25, 0.3) is 0 Å². The number of rotatable bonds is 6. The topological polar surface area (TPSA) is 72.8 Å². The van der Waals surface area contributed by atoms with Gasteiger partial charge in [-0.25, -0.2) is 0 Å². The van der Waals surface area contributed by atoms with Gasteiger partial charge in [0.1, 0.15) is 0 Å². The normalized spacial score (nSPS) is 32.5. The summed E-state index contributed by atoms with van der Waals surface area (Å²) >= 11 is 0. The van der Waals surface area contributed by atoms with E-state index in [2.05, 4.69) is 24.3 Å². The van der Waals surface area contributed by atoms with Crippen molar-refractivity contribution >= 4 is 5.97 Å². The van der Waals surface area contributed by atoms with Crippen LogP contribution in [0.15, 0.2) is 0 Å². The SMILES string of the molecule is CN(C)C1(CNCC2(O)CCC(C(=O)O)CC2)CCCC1. The fourth-order valence-electron chi connectivity index (χ4n) is 3.92. The van der Waals surface area contributed by atoms with Crippen LogP contribution in [0, 0.1) is 5.92 Å². The van der Waals surface area contributed by atoms with Gasteiger partial charge in [-0.2, -0.15) is 0 Å².